The van der Waals surface area contributed by atoms with Gasteiger partial charge in [0.1, 0.15) is 17.1 Å². The first-order valence-corrected chi connectivity index (χ1v) is 4.54. The summed E-state index contributed by atoms with van der Waals surface area (Å²) in [5.41, 5.74) is -0.184. The molecule has 0 aromatic heterocycles. The number of hydrogen-bond donors (Lipinski definition) is 1. The molecule has 5 heteroatoms. The number of hydrogen-bond acceptors (Lipinski definition) is 2. The summed E-state index contributed by atoms with van der Waals surface area (Å²) in [5, 5.41) is 8.76. The maximum absolute atomic E-state index is 13.5. The molecule has 76 valence electrons. The standard InChI is InChI=1S/C9H8BrFO3/c1-4-5(10)3-6(14-2)7(8(4)11)9(12)13/h3H,1-2H3,(H,12,13). The van der Waals surface area contributed by atoms with Crippen molar-refractivity contribution in [3.05, 3.63) is 27.5 Å². The minimum atomic E-state index is -1.34. The van der Waals surface area contributed by atoms with E-state index in [1.807, 2.05) is 0 Å². The number of ether oxygens (including phenoxy) is 1. The fourth-order valence-corrected chi connectivity index (χ4v) is 1.44. The molecule has 0 radical (unpaired) electrons. The lowest BCUT2D eigenvalue weighted by atomic mass is 10.1. The van der Waals surface area contributed by atoms with Gasteiger partial charge in [-0.3, -0.25) is 0 Å². The van der Waals surface area contributed by atoms with E-state index >= 15 is 0 Å². The topological polar surface area (TPSA) is 46.5 Å². The molecule has 0 saturated carbocycles. The van der Waals surface area contributed by atoms with Crippen molar-refractivity contribution in [1.29, 1.82) is 0 Å². The molecule has 0 atom stereocenters. The van der Waals surface area contributed by atoms with Gasteiger partial charge in [0, 0.05) is 10.0 Å². The summed E-state index contributed by atoms with van der Waals surface area (Å²) >= 11 is 3.11. The van der Waals surface area contributed by atoms with Crippen LogP contribution in [0.5, 0.6) is 5.75 Å². The zero-order chi connectivity index (χ0) is 10.9. The number of rotatable bonds is 2. The maximum Gasteiger partial charge on any atom is 0.342 e. The van der Waals surface area contributed by atoms with Crippen molar-refractivity contribution in [1.82, 2.24) is 0 Å². The Hall–Kier alpha value is -1.10. The minimum Gasteiger partial charge on any atom is -0.496 e. The van der Waals surface area contributed by atoms with Crippen LogP contribution < -0.4 is 4.74 Å². The van der Waals surface area contributed by atoms with Gasteiger partial charge in [-0.2, -0.15) is 0 Å². The van der Waals surface area contributed by atoms with Crippen LogP contribution in [0.15, 0.2) is 10.5 Å². The van der Waals surface area contributed by atoms with Crippen molar-refractivity contribution in [2.45, 2.75) is 6.92 Å². The van der Waals surface area contributed by atoms with E-state index in [1.165, 1.54) is 20.1 Å². The molecule has 0 aliphatic heterocycles. The molecule has 0 saturated heterocycles. The summed E-state index contributed by atoms with van der Waals surface area (Å²) in [5.74, 6) is -2.11. The van der Waals surface area contributed by atoms with Crippen molar-refractivity contribution in [2.75, 3.05) is 7.11 Å². The van der Waals surface area contributed by atoms with Gasteiger partial charge in [-0.25, -0.2) is 9.18 Å². The fourth-order valence-electron chi connectivity index (χ4n) is 1.06. The van der Waals surface area contributed by atoms with E-state index in [4.69, 9.17) is 9.84 Å². The molecular weight excluding hydrogens is 255 g/mol. The number of carbonyl (C=O) groups is 1. The van der Waals surface area contributed by atoms with E-state index in [0.29, 0.717) is 4.47 Å². The van der Waals surface area contributed by atoms with Crippen LogP contribution in [0.25, 0.3) is 0 Å². The van der Waals surface area contributed by atoms with Gasteiger partial charge >= 0.3 is 5.97 Å². The average molecular weight is 263 g/mol. The molecule has 0 amide bonds. The van der Waals surface area contributed by atoms with Crippen molar-refractivity contribution < 1.29 is 19.0 Å². The molecule has 14 heavy (non-hydrogen) atoms. The van der Waals surface area contributed by atoms with Crippen molar-refractivity contribution in [2.24, 2.45) is 0 Å². The molecule has 0 bridgehead atoms. The van der Waals surface area contributed by atoms with Gasteiger partial charge in [0.2, 0.25) is 0 Å². The lowest BCUT2D eigenvalue weighted by Crippen LogP contribution is -2.06. The van der Waals surface area contributed by atoms with Crippen LogP contribution in [-0.2, 0) is 0 Å². The Balaban J connectivity index is 3.53. The number of aromatic carboxylic acids is 1. The molecule has 0 spiro atoms. The van der Waals surface area contributed by atoms with Gasteiger partial charge in [-0.05, 0) is 13.0 Å². The van der Waals surface area contributed by atoms with Gasteiger partial charge in [-0.1, -0.05) is 15.9 Å². The highest BCUT2D eigenvalue weighted by Crippen LogP contribution is 2.30. The number of methoxy groups -OCH3 is 1. The quantitative estimate of drug-likeness (QED) is 0.892. The van der Waals surface area contributed by atoms with Crippen molar-refractivity contribution in [3.8, 4) is 5.75 Å². The van der Waals surface area contributed by atoms with Crippen LogP contribution in [-0.4, -0.2) is 18.2 Å². The molecule has 1 aromatic rings. The molecular formula is C9H8BrFO3. The van der Waals surface area contributed by atoms with Crippen LogP contribution in [0.1, 0.15) is 15.9 Å². The predicted octanol–water partition coefficient (Wildman–Crippen LogP) is 2.60. The Bertz CT molecular complexity index is 390. The zero-order valence-electron chi connectivity index (χ0n) is 7.60. The molecule has 1 N–H and O–H groups in total. The third-order valence-electron chi connectivity index (χ3n) is 1.84. The fraction of sp³-hybridized carbons (Fsp3) is 0.222. The normalized spacial score (nSPS) is 10.0. The van der Waals surface area contributed by atoms with Crippen LogP contribution in [0.3, 0.4) is 0 Å². The highest BCUT2D eigenvalue weighted by Gasteiger charge is 2.20. The van der Waals surface area contributed by atoms with Crippen LogP contribution >= 0.6 is 15.9 Å². The Morgan fingerprint density at radius 3 is 2.64 bits per heavy atom. The highest BCUT2D eigenvalue weighted by molar-refractivity contribution is 9.10. The number of carboxylic acid groups (broad SMARTS) is 1. The molecule has 3 nitrogen and oxygen atoms in total. The third-order valence-corrected chi connectivity index (χ3v) is 2.67. The lowest BCUT2D eigenvalue weighted by molar-refractivity contribution is 0.0687. The second-order valence-electron chi connectivity index (χ2n) is 2.68. The maximum atomic E-state index is 13.5. The molecule has 1 rings (SSSR count). The second kappa shape index (κ2) is 3.96. The zero-order valence-corrected chi connectivity index (χ0v) is 9.18. The van der Waals surface area contributed by atoms with Crippen LogP contribution in [0.2, 0.25) is 0 Å². The largest absolute Gasteiger partial charge is 0.496 e. The van der Waals surface area contributed by atoms with Crippen LogP contribution in [0, 0.1) is 12.7 Å². The molecule has 0 unspecified atom stereocenters. The Kier molecular flexibility index (Phi) is 3.10. The van der Waals surface area contributed by atoms with Gasteiger partial charge in [-0.15, -0.1) is 0 Å². The number of halogens is 2. The van der Waals surface area contributed by atoms with E-state index in [-0.39, 0.29) is 11.3 Å². The van der Waals surface area contributed by atoms with E-state index in [9.17, 15) is 9.18 Å². The average Bonchev–Trinajstić information content (AvgIpc) is 2.12. The predicted molar refractivity (Wildman–Crippen MR) is 52.3 cm³/mol. The molecule has 0 aliphatic rings. The van der Waals surface area contributed by atoms with Crippen molar-refractivity contribution in [3.63, 3.8) is 0 Å². The highest BCUT2D eigenvalue weighted by atomic mass is 79.9. The minimum absolute atomic E-state index is 0.00692. The van der Waals surface area contributed by atoms with E-state index < -0.39 is 17.3 Å². The van der Waals surface area contributed by atoms with E-state index in [1.54, 1.807) is 0 Å². The Morgan fingerprint density at radius 2 is 2.21 bits per heavy atom. The van der Waals surface area contributed by atoms with Gasteiger partial charge in [0.15, 0.2) is 0 Å². The van der Waals surface area contributed by atoms with Crippen molar-refractivity contribution >= 4 is 21.9 Å². The first kappa shape index (κ1) is 11.0. The summed E-state index contributed by atoms with van der Waals surface area (Å²) in [6, 6.07) is 1.43. The summed E-state index contributed by atoms with van der Waals surface area (Å²) in [7, 11) is 1.29. The Labute approximate surface area is 88.6 Å². The first-order chi connectivity index (χ1) is 6.49. The molecule has 0 heterocycles. The van der Waals surface area contributed by atoms with Crippen LogP contribution in [0.4, 0.5) is 4.39 Å². The SMILES string of the molecule is COc1cc(Br)c(C)c(F)c1C(=O)O. The van der Waals surface area contributed by atoms with Gasteiger partial charge in [0.05, 0.1) is 7.11 Å². The summed E-state index contributed by atoms with van der Waals surface area (Å²) in [4.78, 5) is 10.7. The monoisotopic (exact) mass is 262 g/mol. The van der Waals surface area contributed by atoms with Gasteiger partial charge < -0.3 is 9.84 Å². The first-order valence-electron chi connectivity index (χ1n) is 3.75. The second-order valence-corrected chi connectivity index (χ2v) is 3.53. The molecule has 0 aliphatic carbocycles. The van der Waals surface area contributed by atoms with Gasteiger partial charge in [0.25, 0.3) is 0 Å². The number of carboxylic acids is 1. The molecule has 1 aromatic carbocycles. The third kappa shape index (κ3) is 1.72. The van der Waals surface area contributed by atoms with E-state index in [0.717, 1.165) is 0 Å². The summed E-state index contributed by atoms with van der Waals surface area (Å²) in [6.45, 7) is 1.49. The summed E-state index contributed by atoms with van der Waals surface area (Å²) < 4.78 is 18.7. The smallest absolute Gasteiger partial charge is 0.342 e. The molecule has 0 fully saturated rings. The number of benzene rings is 1. The summed E-state index contributed by atoms with van der Waals surface area (Å²) in [6.07, 6.45) is 0. The van der Waals surface area contributed by atoms with E-state index in [2.05, 4.69) is 15.9 Å². The lowest BCUT2D eigenvalue weighted by Gasteiger charge is -2.09. The Morgan fingerprint density at radius 1 is 1.64 bits per heavy atom.